The van der Waals surface area contributed by atoms with Crippen molar-refractivity contribution in [3.8, 4) is 11.5 Å². The first-order valence-electron chi connectivity index (χ1n) is 6.67. The van der Waals surface area contributed by atoms with Gasteiger partial charge in [0.25, 0.3) is 0 Å². The fourth-order valence-electron chi connectivity index (χ4n) is 2.80. The van der Waals surface area contributed by atoms with Crippen molar-refractivity contribution < 1.29 is 10.2 Å². The Labute approximate surface area is 142 Å². The van der Waals surface area contributed by atoms with Crippen molar-refractivity contribution >= 4 is 32.9 Å². The van der Waals surface area contributed by atoms with Gasteiger partial charge >= 0.3 is 0 Å². The number of phenols is 2. The Bertz CT molecular complexity index is 632. The van der Waals surface area contributed by atoms with Crippen molar-refractivity contribution in [1.82, 2.24) is 5.32 Å². The number of hydrogen-bond donors (Lipinski definition) is 3. The van der Waals surface area contributed by atoms with Crippen molar-refractivity contribution in [3.05, 3.63) is 57.6 Å². The molecule has 0 spiro atoms. The molecule has 2 aromatic rings. The molecular formula is C16H17Br2NO2. The lowest BCUT2D eigenvalue weighted by molar-refractivity contribution is 0.400. The van der Waals surface area contributed by atoms with Crippen LogP contribution in [0.15, 0.2) is 40.9 Å². The minimum Gasteiger partial charge on any atom is -0.504 e. The van der Waals surface area contributed by atoms with Crippen LogP contribution in [0.2, 0.25) is 0 Å². The summed E-state index contributed by atoms with van der Waals surface area (Å²) in [5, 5.41) is 23.2. The number of aromatic hydroxyl groups is 2. The molecule has 2 aromatic carbocycles. The number of fused-ring (bicyclic) bond motifs is 1. The third kappa shape index (κ3) is 3.10. The predicted octanol–water partition coefficient (Wildman–Crippen LogP) is 3.72. The van der Waals surface area contributed by atoms with Gasteiger partial charge < -0.3 is 15.5 Å². The summed E-state index contributed by atoms with van der Waals surface area (Å²) in [6.45, 7) is 1.69. The van der Waals surface area contributed by atoms with E-state index in [1.54, 1.807) is 6.07 Å². The number of hydrogen-bond acceptors (Lipinski definition) is 3. The summed E-state index contributed by atoms with van der Waals surface area (Å²) in [5.41, 5.74) is 3.35. The molecule has 1 atom stereocenters. The van der Waals surface area contributed by atoms with Crippen LogP contribution in [-0.4, -0.2) is 23.3 Å². The molecule has 0 amide bonds. The number of benzene rings is 2. The Kier molecular flexibility index (Phi) is 5.30. The topological polar surface area (TPSA) is 52.5 Å². The van der Waals surface area contributed by atoms with E-state index in [2.05, 4.69) is 33.4 Å². The van der Waals surface area contributed by atoms with Crippen LogP contribution in [-0.2, 0) is 6.42 Å². The molecule has 21 heavy (non-hydrogen) atoms. The Morgan fingerprint density at radius 1 is 1.14 bits per heavy atom. The van der Waals surface area contributed by atoms with Gasteiger partial charge in [0, 0.05) is 12.5 Å². The molecule has 3 nitrogen and oxygen atoms in total. The summed E-state index contributed by atoms with van der Waals surface area (Å²) >= 11 is 3.41. The van der Waals surface area contributed by atoms with Crippen LogP contribution < -0.4 is 5.32 Å². The van der Waals surface area contributed by atoms with Gasteiger partial charge in [0.2, 0.25) is 0 Å². The number of nitrogens with one attached hydrogen (secondary N) is 1. The molecule has 1 aliphatic rings. The van der Waals surface area contributed by atoms with Gasteiger partial charge in [0.1, 0.15) is 0 Å². The van der Waals surface area contributed by atoms with E-state index in [0.717, 1.165) is 30.6 Å². The van der Waals surface area contributed by atoms with Crippen LogP contribution in [0.25, 0.3) is 0 Å². The summed E-state index contributed by atoms with van der Waals surface area (Å²) in [6, 6.07) is 11.9. The van der Waals surface area contributed by atoms with Crippen LogP contribution in [0.1, 0.15) is 22.6 Å². The van der Waals surface area contributed by atoms with Gasteiger partial charge in [0.05, 0.1) is 4.47 Å². The van der Waals surface area contributed by atoms with Crippen molar-refractivity contribution in [1.29, 1.82) is 0 Å². The maximum Gasteiger partial charge on any atom is 0.172 e. The van der Waals surface area contributed by atoms with E-state index in [0.29, 0.717) is 4.47 Å². The van der Waals surface area contributed by atoms with Gasteiger partial charge in [-0.2, -0.15) is 0 Å². The quantitative estimate of drug-likeness (QED) is 0.623. The molecule has 0 aromatic heterocycles. The Morgan fingerprint density at radius 2 is 1.86 bits per heavy atom. The van der Waals surface area contributed by atoms with E-state index in [1.807, 2.05) is 18.2 Å². The van der Waals surface area contributed by atoms with Gasteiger partial charge in [0.15, 0.2) is 11.5 Å². The fraction of sp³-hybridized carbons (Fsp3) is 0.250. The van der Waals surface area contributed by atoms with Gasteiger partial charge in [-0.15, -0.1) is 17.0 Å². The molecule has 0 bridgehead atoms. The van der Waals surface area contributed by atoms with E-state index in [9.17, 15) is 10.2 Å². The normalized spacial score (nSPS) is 17.5. The summed E-state index contributed by atoms with van der Waals surface area (Å²) in [5.74, 6) is 0.0346. The first-order valence-corrected chi connectivity index (χ1v) is 7.46. The second-order valence-corrected chi connectivity index (χ2v) is 5.84. The lowest BCUT2D eigenvalue weighted by Crippen LogP contribution is -2.20. The zero-order chi connectivity index (χ0) is 14.1. The molecule has 0 saturated heterocycles. The first-order chi connectivity index (χ1) is 9.68. The summed E-state index contributed by atoms with van der Waals surface area (Å²) < 4.78 is 0.608. The molecule has 1 heterocycles. The molecular weight excluding hydrogens is 398 g/mol. The van der Waals surface area contributed by atoms with Gasteiger partial charge in [-0.25, -0.2) is 0 Å². The van der Waals surface area contributed by atoms with E-state index >= 15 is 0 Å². The molecule has 112 valence electrons. The number of rotatable bonds is 1. The largest absolute Gasteiger partial charge is 0.504 e. The van der Waals surface area contributed by atoms with Gasteiger partial charge in [-0.05, 0) is 51.7 Å². The molecule has 0 fully saturated rings. The minimum absolute atomic E-state index is 0. The SMILES string of the molecule is Br.Oc1cc2c(c(Br)c1O)CCNCC2c1ccccc1. The van der Waals surface area contributed by atoms with Gasteiger partial charge in [-0.1, -0.05) is 30.3 Å². The van der Waals surface area contributed by atoms with Crippen LogP contribution in [0.4, 0.5) is 0 Å². The lowest BCUT2D eigenvalue weighted by atomic mass is 9.88. The smallest absolute Gasteiger partial charge is 0.172 e. The molecule has 3 rings (SSSR count). The molecule has 1 aliphatic heterocycles. The molecule has 1 unspecified atom stereocenters. The Morgan fingerprint density at radius 3 is 2.57 bits per heavy atom. The standard InChI is InChI=1S/C16H16BrNO2.BrH/c17-15-11-6-7-18-9-13(10-4-2-1-3-5-10)12(11)8-14(19)16(15)20;/h1-5,8,13,18-20H,6-7,9H2;1H. The Hall–Kier alpha value is -1.04. The monoisotopic (exact) mass is 413 g/mol. The maximum atomic E-state index is 9.91. The summed E-state index contributed by atoms with van der Waals surface area (Å²) in [4.78, 5) is 0. The number of phenolic OH excluding ortho intramolecular Hbond substituents is 2. The average Bonchev–Trinajstić information content (AvgIpc) is 2.68. The molecule has 5 heteroatoms. The highest BCUT2D eigenvalue weighted by atomic mass is 79.9. The second-order valence-electron chi connectivity index (χ2n) is 5.04. The lowest BCUT2D eigenvalue weighted by Gasteiger charge is -2.20. The third-order valence-electron chi connectivity index (χ3n) is 3.83. The van der Waals surface area contributed by atoms with Gasteiger partial charge in [-0.3, -0.25) is 0 Å². The van der Waals surface area contributed by atoms with Crippen LogP contribution in [0, 0.1) is 0 Å². The fourth-order valence-corrected chi connectivity index (χ4v) is 3.43. The summed E-state index contributed by atoms with van der Waals surface area (Å²) in [7, 11) is 0. The first kappa shape index (κ1) is 16.3. The highest BCUT2D eigenvalue weighted by Crippen LogP contribution is 2.42. The van der Waals surface area contributed by atoms with Crippen molar-refractivity contribution in [2.24, 2.45) is 0 Å². The second kappa shape index (κ2) is 6.81. The highest BCUT2D eigenvalue weighted by Gasteiger charge is 2.24. The van der Waals surface area contributed by atoms with Crippen LogP contribution in [0.5, 0.6) is 11.5 Å². The van der Waals surface area contributed by atoms with Crippen molar-refractivity contribution in [3.63, 3.8) is 0 Å². The van der Waals surface area contributed by atoms with E-state index in [1.165, 1.54) is 5.56 Å². The van der Waals surface area contributed by atoms with Crippen molar-refractivity contribution in [2.75, 3.05) is 13.1 Å². The zero-order valence-corrected chi connectivity index (χ0v) is 14.6. The molecule has 0 radical (unpaired) electrons. The summed E-state index contributed by atoms with van der Waals surface area (Å²) in [6.07, 6.45) is 0.826. The maximum absolute atomic E-state index is 9.91. The molecule has 3 N–H and O–H groups in total. The highest BCUT2D eigenvalue weighted by molar-refractivity contribution is 9.10. The van der Waals surface area contributed by atoms with E-state index in [-0.39, 0.29) is 34.4 Å². The van der Waals surface area contributed by atoms with Crippen molar-refractivity contribution in [2.45, 2.75) is 12.3 Å². The Balaban J connectivity index is 0.00000161. The minimum atomic E-state index is -0.0718. The predicted molar refractivity (Wildman–Crippen MR) is 92.7 cm³/mol. The average molecular weight is 415 g/mol. The molecule has 0 aliphatic carbocycles. The zero-order valence-electron chi connectivity index (χ0n) is 11.3. The van der Waals surface area contributed by atoms with E-state index < -0.39 is 0 Å². The van der Waals surface area contributed by atoms with E-state index in [4.69, 9.17) is 0 Å². The number of halogens is 2. The van der Waals surface area contributed by atoms with Crippen LogP contribution in [0.3, 0.4) is 0 Å². The van der Waals surface area contributed by atoms with Crippen LogP contribution >= 0.6 is 32.9 Å². The molecule has 0 saturated carbocycles. The third-order valence-corrected chi connectivity index (χ3v) is 4.69.